The smallest absolute Gasteiger partial charge is 0.416 e. The summed E-state index contributed by atoms with van der Waals surface area (Å²) in [4.78, 5) is 25.4. The highest BCUT2D eigenvalue weighted by atomic mass is 19.4. The highest BCUT2D eigenvalue weighted by Crippen LogP contribution is 2.39. The van der Waals surface area contributed by atoms with Gasteiger partial charge in [-0.05, 0) is 41.5 Å². The Morgan fingerprint density at radius 2 is 1.21 bits per heavy atom. The number of hydrogen-bond donors (Lipinski definition) is 0. The van der Waals surface area contributed by atoms with Crippen LogP contribution >= 0.6 is 0 Å². The summed E-state index contributed by atoms with van der Waals surface area (Å²) in [5.41, 5.74) is -3.01. The minimum atomic E-state index is -5.00. The van der Waals surface area contributed by atoms with Gasteiger partial charge in [0.05, 0.1) is 31.0 Å². The molecule has 0 fully saturated rings. The van der Waals surface area contributed by atoms with Crippen molar-refractivity contribution in [3.8, 4) is 28.1 Å². The van der Waals surface area contributed by atoms with Crippen molar-refractivity contribution in [2.75, 3.05) is 14.2 Å². The molecule has 0 saturated heterocycles. The van der Waals surface area contributed by atoms with Crippen LogP contribution in [0.1, 0.15) is 32.0 Å². The molecular formula is C27H18F6N2O4. The maximum Gasteiger partial charge on any atom is 0.416 e. The fraction of sp³-hybridized carbons (Fsp3) is 0.148. The molecular weight excluding hydrogens is 530 g/mol. The average molecular weight is 548 g/mol. The lowest BCUT2D eigenvalue weighted by atomic mass is 9.97. The average Bonchev–Trinajstić information content (AvgIpc) is 3.32. The predicted octanol–water partition coefficient (Wildman–Crippen LogP) is 6.82. The Labute approximate surface area is 217 Å². The van der Waals surface area contributed by atoms with Crippen molar-refractivity contribution in [1.29, 1.82) is 0 Å². The van der Waals surface area contributed by atoms with Gasteiger partial charge < -0.3 is 9.47 Å². The largest absolute Gasteiger partial charge is 0.465 e. The fourth-order valence-corrected chi connectivity index (χ4v) is 3.90. The molecule has 4 aromatic rings. The summed E-state index contributed by atoms with van der Waals surface area (Å²) in [6.07, 6.45) is -10.0. The van der Waals surface area contributed by atoms with Crippen LogP contribution in [0.4, 0.5) is 26.3 Å². The van der Waals surface area contributed by atoms with E-state index in [1.165, 1.54) is 28.9 Å². The molecule has 0 atom stereocenters. The fourth-order valence-electron chi connectivity index (χ4n) is 3.90. The van der Waals surface area contributed by atoms with Crippen LogP contribution in [0.5, 0.6) is 0 Å². The highest BCUT2D eigenvalue weighted by Gasteiger charge is 2.37. The van der Waals surface area contributed by atoms with Crippen LogP contribution in [-0.2, 0) is 21.8 Å². The first-order valence-corrected chi connectivity index (χ1v) is 11.1. The van der Waals surface area contributed by atoms with Gasteiger partial charge in [0.1, 0.15) is 11.3 Å². The van der Waals surface area contributed by atoms with Gasteiger partial charge in [-0.1, -0.05) is 42.5 Å². The molecule has 0 unspecified atom stereocenters. The van der Waals surface area contributed by atoms with Gasteiger partial charge in [-0.15, -0.1) is 0 Å². The Hall–Kier alpha value is -4.61. The van der Waals surface area contributed by atoms with Crippen LogP contribution in [-0.4, -0.2) is 35.9 Å². The number of rotatable bonds is 5. The van der Waals surface area contributed by atoms with Crippen LogP contribution in [0.15, 0.2) is 72.8 Å². The number of carbonyl (C=O) groups excluding carboxylic acids is 2. The number of para-hydroxylation sites is 1. The molecule has 0 N–H and O–H groups in total. The molecule has 0 saturated carbocycles. The van der Waals surface area contributed by atoms with Crippen LogP contribution in [0.2, 0.25) is 0 Å². The van der Waals surface area contributed by atoms with E-state index in [-0.39, 0.29) is 39.7 Å². The predicted molar refractivity (Wildman–Crippen MR) is 127 cm³/mol. The molecule has 202 valence electrons. The molecule has 0 spiro atoms. The standard InChI is InChI=1S/C27H18F6N2O4/c1-38-24(36)21-22(34-35(23(21)25(37)39-2)20-6-4-3-5-7-20)16-10-8-15(9-11-16)17-12-18(26(28,29)30)14-19(13-17)27(31,32)33/h3-14H,1-2H3. The maximum atomic E-state index is 13.3. The van der Waals surface area contributed by atoms with Crippen molar-refractivity contribution in [2.24, 2.45) is 0 Å². The number of methoxy groups -OCH3 is 2. The van der Waals surface area contributed by atoms with Crippen molar-refractivity contribution in [3.63, 3.8) is 0 Å². The molecule has 0 bridgehead atoms. The lowest BCUT2D eigenvalue weighted by Crippen LogP contribution is -2.15. The minimum Gasteiger partial charge on any atom is -0.465 e. The quantitative estimate of drug-likeness (QED) is 0.202. The second-order valence-corrected chi connectivity index (χ2v) is 8.17. The first-order chi connectivity index (χ1) is 18.3. The van der Waals surface area contributed by atoms with E-state index in [0.717, 1.165) is 14.2 Å². The summed E-state index contributed by atoms with van der Waals surface area (Å²) in [7, 11) is 2.21. The normalized spacial score (nSPS) is 11.8. The number of ether oxygens (including phenoxy) is 2. The third-order valence-corrected chi connectivity index (χ3v) is 5.73. The molecule has 6 nitrogen and oxygen atoms in total. The minimum absolute atomic E-state index is 0.0160. The van der Waals surface area contributed by atoms with Crippen molar-refractivity contribution in [1.82, 2.24) is 9.78 Å². The van der Waals surface area contributed by atoms with Gasteiger partial charge in [0.25, 0.3) is 0 Å². The SMILES string of the molecule is COC(=O)c1c(-c2ccc(-c3cc(C(F)(F)F)cc(C(F)(F)F)c3)cc2)nn(-c2ccccc2)c1C(=O)OC. The van der Waals surface area contributed by atoms with Crippen molar-refractivity contribution in [2.45, 2.75) is 12.4 Å². The topological polar surface area (TPSA) is 70.4 Å². The monoisotopic (exact) mass is 548 g/mol. The number of esters is 2. The summed E-state index contributed by atoms with van der Waals surface area (Å²) in [5, 5.41) is 4.40. The van der Waals surface area contributed by atoms with E-state index in [2.05, 4.69) is 5.10 Å². The summed E-state index contributed by atoms with van der Waals surface area (Å²) in [6.45, 7) is 0. The second kappa shape index (κ2) is 10.3. The molecule has 39 heavy (non-hydrogen) atoms. The van der Waals surface area contributed by atoms with E-state index >= 15 is 0 Å². The first-order valence-electron chi connectivity index (χ1n) is 11.1. The zero-order chi connectivity index (χ0) is 28.5. The summed E-state index contributed by atoms with van der Waals surface area (Å²) < 4.78 is 90.7. The van der Waals surface area contributed by atoms with Crippen molar-refractivity contribution >= 4 is 11.9 Å². The van der Waals surface area contributed by atoms with E-state index in [9.17, 15) is 35.9 Å². The van der Waals surface area contributed by atoms with Crippen LogP contribution in [0, 0.1) is 0 Å². The van der Waals surface area contributed by atoms with Crippen LogP contribution in [0.3, 0.4) is 0 Å². The van der Waals surface area contributed by atoms with Gasteiger partial charge in [0.2, 0.25) is 0 Å². The van der Waals surface area contributed by atoms with Gasteiger partial charge in [0, 0.05) is 5.56 Å². The van der Waals surface area contributed by atoms with E-state index in [1.54, 1.807) is 30.3 Å². The third-order valence-electron chi connectivity index (χ3n) is 5.73. The molecule has 3 aromatic carbocycles. The van der Waals surface area contributed by atoms with E-state index in [1.807, 2.05) is 0 Å². The Morgan fingerprint density at radius 1 is 0.692 bits per heavy atom. The molecule has 0 amide bonds. The molecule has 0 aliphatic rings. The van der Waals surface area contributed by atoms with E-state index in [4.69, 9.17) is 9.47 Å². The maximum absolute atomic E-state index is 13.3. The van der Waals surface area contributed by atoms with Crippen LogP contribution in [0.25, 0.3) is 28.1 Å². The molecule has 1 aromatic heterocycles. The van der Waals surface area contributed by atoms with Gasteiger partial charge >= 0.3 is 24.3 Å². The van der Waals surface area contributed by atoms with Crippen LogP contribution < -0.4 is 0 Å². The molecule has 4 rings (SSSR count). The highest BCUT2D eigenvalue weighted by molar-refractivity contribution is 6.06. The van der Waals surface area contributed by atoms with E-state index < -0.39 is 35.4 Å². The Kier molecular flexibility index (Phi) is 7.23. The zero-order valence-corrected chi connectivity index (χ0v) is 20.2. The number of alkyl halides is 6. The summed E-state index contributed by atoms with van der Waals surface area (Å²) in [6, 6.07) is 14.9. The Balaban J connectivity index is 1.88. The van der Waals surface area contributed by atoms with Gasteiger partial charge in [-0.2, -0.15) is 31.4 Å². The number of hydrogen-bond acceptors (Lipinski definition) is 5. The number of halogens is 6. The molecule has 0 radical (unpaired) electrons. The number of benzene rings is 3. The molecule has 0 aliphatic carbocycles. The van der Waals surface area contributed by atoms with Crippen molar-refractivity contribution < 1.29 is 45.4 Å². The first kappa shape index (κ1) is 27.4. The van der Waals surface area contributed by atoms with Gasteiger partial charge in [-0.25, -0.2) is 14.3 Å². The lowest BCUT2D eigenvalue weighted by molar-refractivity contribution is -0.143. The molecule has 12 heteroatoms. The summed E-state index contributed by atoms with van der Waals surface area (Å²) >= 11 is 0. The Morgan fingerprint density at radius 3 is 1.69 bits per heavy atom. The van der Waals surface area contributed by atoms with Gasteiger partial charge in [0.15, 0.2) is 5.69 Å². The van der Waals surface area contributed by atoms with Crippen molar-refractivity contribution in [3.05, 3.63) is 95.2 Å². The van der Waals surface area contributed by atoms with E-state index in [0.29, 0.717) is 17.8 Å². The summed E-state index contributed by atoms with van der Waals surface area (Å²) in [5.74, 6) is -1.80. The second-order valence-electron chi connectivity index (χ2n) is 8.17. The molecule has 1 heterocycles. The third kappa shape index (κ3) is 5.49. The number of carbonyl (C=O) groups is 2. The number of nitrogens with zero attached hydrogens (tertiary/aromatic N) is 2. The zero-order valence-electron chi connectivity index (χ0n) is 20.2. The molecule has 0 aliphatic heterocycles. The Bertz CT molecular complexity index is 1490. The van der Waals surface area contributed by atoms with Gasteiger partial charge in [-0.3, -0.25) is 0 Å². The number of aromatic nitrogens is 2. The lowest BCUT2D eigenvalue weighted by Gasteiger charge is -2.14.